The van der Waals surface area contributed by atoms with Crippen molar-refractivity contribution in [3.05, 3.63) is 18.2 Å². The molecule has 1 amide bonds. The number of hydrogen-bond acceptors (Lipinski definition) is 3. The Hall–Kier alpha value is -1.37. The highest BCUT2D eigenvalue weighted by Gasteiger charge is 2.35. The zero-order valence-electron chi connectivity index (χ0n) is 8.13. The van der Waals surface area contributed by atoms with E-state index in [9.17, 15) is 18.7 Å². The molecule has 0 aliphatic heterocycles. The zero-order chi connectivity index (χ0) is 12.3. The maximum absolute atomic E-state index is 12.5. The Morgan fingerprint density at radius 1 is 1.56 bits per heavy atom. The molecule has 0 aromatic heterocycles. The number of halogens is 3. The number of amides is 1. The van der Waals surface area contributed by atoms with Crippen molar-refractivity contribution in [1.82, 2.24) is 0 Å². The van der Waals surface area contributed by atoms with E-state index >= 15 is 0 Å². The lowest BCUT2D eigenvalue weighted by molar-refractivity contribution is -0.128. The summed E-state index contributed by atoms with van der Waals surface area (Å²) in [5.74, 6) is -1.57. The van der Waals surface area contributed by atoms with Crippen molar-refractivity contribution in [1.29, 1.82) is 0 Å². The predicted molar refractivity (Wildman–Crippen MR) is 57.2 cm³/mol. The fraction of sp³-hybridized carbons (Fsp3) is 0.222. The number of phenols is 1. The number of anilines is 1. The average Bonchev–Trinajstić information content (AvgIpc) is 2.19. The van der Waals surface area contributed by atoms with Crippen LogP contribution in [0.3, 0.4) is 0 Å². The van der Waals surface area contributed by atoms with Gasteiger partial charge in [0.15, 0.2) is 0 Å². The fourth-order valence-corrected chi connectivity index (χ4v) is 1.04. The van der Waals surface area contributed by atoms with Crippen LogP contribution in [0.4, 0.5) is 14.5 Å². The molecule has 0 heterocycles. The number of methoxy groups -OCH3 is 1. The molecule has 0 fully saturated rings. The second kappa shape index (κ2) is 4.65. The Morgan fingerprint density at radius 2 is 2.19 bits per heavy atom. The number of carbonyl (C=O) groups excluding carboxylic acids is 1. The van der Waals surface area contributed by atoms with E-state index in [1.807, 2.05) is 21.2 Å². The predicted octanol–water partition coefficient (Wildman–Crippen LogP) is 2.33. The topological polar surface area (TPSA) is 58.6 Å². The minimum atomic E-state index is -3.68. The quantitative estimate of drug-likeness (QED) is 0.665. The van der Waals surface area contributed by atoms with Gasteiger partial charge in [0.1, 0.15) is 11.5 Å². The van der Waals surface area contributed by atoms with E-state index in [0.29, 0.717) is 5.75 Å². The number of hydrogen-bond donors (Lipinski definition) is 2. The smallest absolute Gasteiger partial charge is 0.378 e. The van der Waals surface area contributed by atoms with Crippen LogP contribution in [0.15, 0.2) is 18.2 Å². The lowest BCUT2D eigenvalue weighted by Crippen LogP contribution is -2.28. The molecule has 88 valence electrons. The summed E-state index contributed by atoms with van der Waals surface area (Å²) in [6.07, 6.45) is 0. The van der Waals surface area contributed by atoms with Crippen LogP contribution < -0.4 is 10.1 Å². The summed E-state index contributed by atoms with van der Waals surface area (Å²) in [5, 5.41) is 11.2. The Balaban J connectivity index is 2.87. The first kappa shape index (κ1) is 12.7. The molecule has 0 saturated carbocycles. The zero-order valence-corrected chi connectivity index (χ0v) is 9.72. The molecule has 0 saturated heterocycles. The van der Waals surface area contributed by atoms with Crippen LogP contribution >= 0.6 is 15.9 Å². The number of rotatable bonds is 3. The number of phenolic OH excluding ortho intramolecular Hbond substituents is 1. The molecule has 1 aromatic rings. The van der Waals surface area contributed by atoms with Crippen molar-refractivity contribution in [2.24, 2.45) is 0 Å². The summed E-state index contributed by atoms with van der Waals surface area (Å²) in [6.45, 7) is 0. The van der Waals surface area contributed by atoms with Crippen molar-refractivity contribution >= 4 is 27.5 Å². The summed E-state index contributed by atoms with van der Waals surface area (Å²) in [7, 11) is 1.39. The number of benzene rings is 1. The summed E-state index contributed by atoms with van der Waals surface area (Å²) in [4.78, 5) is 7.21. The SMILES string of the molecule is COc1ccc(NC(=O)C(F)(F)Br)c(O)c1. The molecule has 0 bridgehead atoms. The summed E-state index contributed by atoms with van der Waals surface area (Å²) in [6, 6.07) is 3.87. The second-order valence-corrected chi connectivity index (χ2v) is 3.83. The van der Waals surface area contributed by atoms with Gasteiger partial charge in [-0.05, 0) is 12.1 Å². The van der Waals surface area contributed by atoms with E-state index < -0.39 is 10.7 Å². The monoisotopic (exact) mass is 295 g/mol. The Labute approximate surface area is 98.3 Å². The molecule has 0 aliphatic carbocycles. The van der Waals surface area contributed by atoms with Gasteiger partial charge in [-0.2, -0.15) is 8.78 Å². The van der Waals surface area contributed by atoms with Gasteiger partial charge in [0.05, 0.1) is 12.8 Å². The van der Waals surface area contributed by atoms with Crippen molar-refractivity contribution in [2.45, 2.75) is 4.83 Å². The standard InChI is InChI=1S/C9H8BrF2NO3/c1-16-5-2-3-6(7(14)4-5)13-8(15)9(10,11)12/h2-4,14H,1H3,(H,13,15). The van der Waals surface area contributed by atoms with Crippen molar-refractivity contribution in [3.8, 4) is 11.5 Å². The van der Waals surface area contributed by atoms with Crippen LogP contribution in [0.25, 0.3) is 0 Å². The third-order valence-electron chi connectivity index (χ3n) is 1.71. The van der Waals surface area contributed by atoms with Gasteiger partial charge in [-0.15, -0.1) is 0 Å². The average molecular weight is 296 g/mol. The van der Waals surface area contributed by atoms with Gasteiger partial charge < -0.3 is 15.2 Å². The van der Waals surface area contributed by atoms with Gasteiger partial charge in [-0.25, -0.2) is 0 Å². The van der Waals surface area contributed by atoms with E-state index in [0.717, 1.165) is 0 Å². The van der Waals surface area contributed by atoms with Crippen LogP contribution in [-0.2, 0) is 4.79 Å². The molecular formula is C9H8BrF2NO3. The molecule has 0 unspecified atom stereocenters. The van der Waals surface area contributed by atoms with Crippen molar-refractivity contribution in [2.75, 3.05) is 12.4 Å². The molecule has 1 rings (SSSR count). The highest BCUT2D eigenvalue weighted by molar-refractivity contribution is 9.10. The lowest BCUT2D eigenvalue weighted by atomic mass is 10.2. The first-order chi connectivity index (χ1) is 7.34. The van der Waals surface area contributed by atoms with Crippen LogP contribution in [0, 0.1) is 0 Å². The van der Waals surface area contributed by atoms with Gasteiger partial charge >= 0.3 is 10.7 Å². The normalized spacial score (nSPS) is 11.0. The molecular weight excluding hydrogens is 288 g/mol. The highest BCUT2D eigenvalue weighted by atomic mass is 79.9. The van der Waals surface area contributed by atoms with E-state index in [4.69, 9.17) is 4.74 Å². The third-order valence-corrected chi connectivity index (χ3v) is 2.07. The van der Waals surface area contributed by atoms with Gasteiger partial charge in [0.2, 0.25) is 0 Å². The van der Waals surface area contributed by atoms with E-state index in [-0.39, 0.29) is 11.4 Å². The summed E-state index contributed by atoms with van der Waals surface area (Å²) in [5.41, 5.74) is -0.120. The highest BCUT2D eigenvalue weighted by Crippen LogP contribution is 2.30. The van der Waals surface area contributed by atoms with E-state index in [1.54, 1.807) is 0 Å². The number of ether oxygens (including phenoxy) is 1. The molecule has 4 nitrogen and oxygen atoms in total. The first-order valence-electron chi connectivity index (χ1n) is 4.10. The third kappa shape index (κ3) is 3.06. The minimum absolute atomic E-state index is 0.120. The molecule has 0 atom stereocenters. The molecule has 2 N–H and O–H groups in total. The largest absolute Gasteiger partial charge is 0.506 e. The number of alkyl halides is 3. The molecule has 0 spiro atoms. The van der Waals surface area contributed by atoms with Gasteiger partial charge in [0, 0.05) is 22.0 Å². The number of nitrogens with one attached hydrogen (secondary N) is 1. The summed E-state index contributed by atoms with van der Waals surface area (Å²) < 4.78 is 29.7. The van der Waals surface area contributed by atoms with Crippen molar-refractivity contribution in [3.63, 3.8) is 0 Å². The Bertz CT molecular complexity index is 406. The van der Waals surface area contributed by atoms with Gasteiger partial charge in [-0.3, -0.25) is 4.79 Å². The van der Waals surface area contributed by atoms with Crippen LogP contribution in [0.5, 0.6) is 11.5 Å². The molecule has 0 aliphatic rings. The van der Waals surface area contributed by atoms with Crippen LogP contribution in [-0.4, -0.2) is 23.0 Å². The van der Waals surface area contributed by atoms with Crippen molar-refractivity contribution < 1.29 is 23.4 Å². The second-order valence-electron chi connectivity index (χ2n) is 2.83. The number of carbonyl (C=O) groups is 1. The van der Waals surface area contributed by atoms with Crippen LogP contribution in [0.2, 0.25) is 0 Å². The number of aromatic hydroxyl groups is 1. The molecule has 1 aromatic carbocycles. The minimum Gasteiger partial charge on any atom is -0.506 e. The fourth-order valence-electron chi connectivity index (χ4n) is 0.937. The molecule has 0 radical (unpaired) electrons. The first-order valence-corrected chi connectivity index (χ1v) is 4.89. The van der Waals surface area contributed by atoms with E-state index in [1.165, 1.54) is 25.3 Å². The summed E-state index contributed by atoms with van der Waals surface area (Å²) >= 11 is 1.90. The Morgan fingerprint density at radius 3 is 2.62 bits per heavy atom. The molecule has 7 heteroatoms. The lowest BCUT2D eigenvalue weighted by Gasteiger charge is -2.11. The Kier molecular flexibility index (Phi) is 3.69. The molecule has 16 heavy (non-hydrogen) atoms. The van der Waals surface area contributed by atoms with Gasteiger partial charge in [-0.1, -0.05) is 0 Å². The maximum atomic E-state index is 12.5. The van der Waals surface area contributed by atoms with Gasteiger partial charge in [0.25, 0.3) is 0 Å². The van der Waals surface area contributed by atoms with E-state index in [2.05, 4.69) is 0 Å². The maximum Gasteiger partial charge on any atom is 0.378 e. The van der Waals surface area contributed by atoms with Crippen LogP contribution in [0.1, 0.15) is 0 Å².